The normalized spacial score (nSPS) is 15.3. The molecule has 0 radical (unpaired) electrons. The van der Waals surface area contributed by atoms with Crippen molar-refractivity contribution < 1.29 is 34.4 Å². The van der Waals surface area contributed by atoms with Gasteiger partial charge in [-0.2, -0.15) is 0 Å². The highest BCUT2D eigenvalue weighted by Crippen LogP contribution is 2.33. The number of hydrogen-bond acceptors (Lipinski definition) is 5. The quantitative estimate of drug-likeness (QED) is 0.483. The summed E-state index contributed by atoms with van der Waals surface area (Å²) in [5.74, 6) is -1.35. The molecule has 1 unspecified atom stereocenters. The third-order valence-electron chi connectivity index (χ3n) is 4.37. The zero-order chi connectivity index (χ0) is 21.4. The number of carboxylic acid groups (broad SMARTS) is 2. The zero-order valence-electron chi connectivity index (χ0n) is 16.2. The number of aliphatic carboxylic acids is 2. The molecule has 0 saturated carbocycles. The van der Waals surface area contributed by atoms with E-state index in [9.17, 15) is 14.7 Å². The van der Waals surface area contributed by atoms with E-state index in [2.05, 4.69) is 26.0 Å². The van der Waals surface area contributed by atoms with Crippen molar-refractivity contribution in [2.75, 3.05) is 13.2 Å². The number of phenols is 1. The first kappa shape index (κ1) is 22.0. The average molecular weight is 400 g/mol. The van der Waals surface area contributed by atoms with E-state index in [4.69, 9.17) is 19.7 Å². The Labute approximate surface area is 168 Å². The Morgan fingerprint density at radius 3 is 1.86 bits per heavy atom. The van der Waals surface area contributed by atoms with Crippen LogP contribution in [-0.2, 0) is 19.7 Å². The van der Waals surface area contributed by atoms with Crippen LogP contribution in [0.15, 0.2) is 60.7 Å². The van der Waals surface area contributed by atoms with Gasteiger partial charge in [0, 0.05) is 17.6 Å². The van der Waals surface area contributed by atoms with Gasteiger partial charge in [0.15, 0.2) is 0 Å². The highest BCUT2D eigenvalue weighted by atomic mass is 16.6. The number of aromatic hydroxyl groups is 1. The Balaban J connectivity index is 0.000000321. The minimum Gasteiger partial charge on any atom is -0.508 e. The van der Waals surface area contributed by atoms with Gasteiger partial charge in [-0.3, -0.25) is 0 Å². The van der Waals surface area contributed by atoms with Gasteiger partial charge in [-0.25, -0.2) is 9.59 Å². The van der Waals surface area contributed by atoms with Crippen molar-refractivity contribution in [2.45, 2.75) is 25.4 Å². The van der Waals surface area contributed by atoms with E-state index < -0.39 is 11.9 Å². The zero-order valence-corrected chi connectivity index (χ0v) is 16.2. The first-order chi connectivity index (χ1) is 13.7. The average Bonchev–Trinajstić information content (AvgIpc) is 3.50. The number of carbonyl (C=O) groups is 2. The van der Waals surface area contributed by atoms with Crippen molar-refractivity contribution in [2.24, 2.45) is 0 Å². The molecule has 29 heavy (non-hydrogen) atoms. The lowest BCUT2D eigenvalue weighted by Crippen LogP contribution is -2.18. The minimum atomic E-state index is -1.26. The van der Waals surface area contributed by atoms with Crippen LogP contribution in [0.3, 0.4) is 0 Å². The van der Waals surface area contributed by atoms with Gasteiger partial charge in [-0.05, 0) is 35.4 Å². The molecule has 154 valence electrons. The van der Waals surface area contributed by atoms with Crippen LogP contribution in [0.5, 0.6) is 11.5 Å². The molecule has 0 aromatic heterocycles. The molecule has 1 fully saturated rings. The van der Waals surface area contributed by atoms with Crippen molar-refractivity contribution in [1.82, 2.24) is 0 Å². The molecule has 3 rings (SSSR count). The molecule has 2 aromatic carbocycles. The van der Waals surface area contributed by atoms with Crippen molar-refractivity contribution in [1.29, 1.82) is 0 Å². The molecule has 1 heterocycles. The summed E-state index contributed by atoms with van der Waals surface area (Å²) in [6.07, 6.45) is 1.39. The van der Waals surface area contributed by atoms with E-state index in [-0.39, 0.29) is 11.5 Å². The fourth-order valence-electron chi connectivity index (χ4n) is 2.51. The Kier molecular flexibility index (Phi) is 7.39. The molecule has 0 bridgehead atoms. The predicted molar refractivity (Wildman–Crippen MR) is 106 cm³/mol. The number of benzene rings is 2. The standard InChI is InChI=1S/C18H20O3.C4H4O4/c1-18(2,13-3-7-15(19)8-4-13)14-5-9-16(10-6-14)20-11-17-12-21-17;5-3(6)1-2-4(7)8/h3-10,17,19H,11-12H2,1-2H3;1-2H,(H,5,6)(H,7,8)/b;2-1+. The summed E-state index contributed by atoms with van der Waals surface area (Å²) in [6.45, 7) is 5.78. The second-order valence-corrected chi connectivity index (χ2v) is 6.97. The summed E-state index contributed by atoms with van der Waals surface area (Å²) in [7, 11) is 0. The van der Waals surface area contributed by atoms with Gasteiger partial charge in [-0.15, -0.1) is 0 Å². The maximum atomic E-state index is 9.55. The Bertz CT molecular complexity index is 832. The Morgan fingerprint density at radius 1 is 1.00 bits per heavy atom. The topological polar surface area (TPSA) is 117 Å². The van der Waals surface area contributed by atoms with Crippen molar-refractivity contribution in [3.05, 3.63) is 71.8 Å². The van der Waals surface area contributed by atoms with Crippen LogP contribution in [0.1, 0.15) is 25.0 Å². The molecular formula is C22H24O7. The molecule has 0 aliphatic carbocycles. The van der Waals surface area contributed by atoms with E-state index >= 15 is 0 Å². The van der Waals surface area contributed by atoms with Crippen LogP contribution in [0.4, 0.5) is 0 Å². The summed E-state index contributed by atoms with van der Waals surface area (Å²) >= 11 is 0. The van der Waals surface area contributed by atoms with Gasteiger partial charge in [0.05, 0.1) is 6.61 Å². The molecule has 1 aliphatic heterocycles. The Morgan fingerprint density at radius 2 is 1.45 bits per heavy atom. The van der Waals surface area contributed by atoms with Gasteiger partial charge in [0.1, 0.15) is 24.2 Å². The number of hydrogen-bond donors (Lipinski definition) is 3. The third-order valence-corrected chi connectivity index (χ3v) is 4.37. The van der Waals surface area contributed by atoms with Crippen molar-refractivity contribution in [3.8, 4) is 11.5 Å². The summed E-state index contributed by atoms with van der Waals surface area (Å²) in [4.78, 5) is 19.1. The van der Waals surface area contributed by atoms with Crippen LogP contribution in [-0.4, -0.2) is 46.6 Å². The molecule has 0 spiro atoms. The van der Waals surface area contributed by atoms with E-state index in [1.807, 2.05) is 24.3 Å². The van der Waals surface area contributed by atoms with E-state index in [0.717, 1.165) is 12.4 Å². The molecule has 7 heteroatoms. The predicted octanol–water partition coefficient (Wildman–Crippen LogP) is 3.21. The number of epoxide rings is 1. The highest BCUT2D eigenvalue weighted by Gasteiger charge is 2.24. The van der Waals surface area contributed by atoms with E-state index in [1.165, 1.54) is 11.1 Å². The first-order valence-corrected chi connectivity index (χ1v) is 8.97. The van der Waals surface area contributed by atoms with Crippen molar-refractivity contribution >= 4 is 11.9 Å². The fourth-order valence-corrected chi connectivity index (χ4v) is 2.51. The minimum absolute atomic E-state index is 0.119. The number of rotatable bonds is 7. The fraction of sp³-hybridized carbons (Fsp3) is 0.273. The van der Waals surface area contributed by atoms with E-state index in [0.29, 0.717) is 24.5 Å². The van der Waals surface area contributed by atoms with Crippen LogP contribution < -0.4 is 4.74 Å². The molecule has 7 nitrogen and oxygen atoms in total. The lowest BCUT2D eigenvalue weighted by molar-refractivity contribution is -0.134. The number of carboxylic acids is 2. The third kappa shape index (κ3) is 7.31. The van der Waals surface area contributed by atoms with Gasteiger partial charge >= 0.3 is 11.9 Å². The van der Waals surface area contributed by atoms with Crippen LogP contribution >= 0.6 is 0 Å². The maximum Gasteiger partial charge on any atom is 0.328 e. The molecular weight excluding hydrogens is 376 g/mol. The molecule has 1 aliphatic rings. The lowest BCUT2D eigenvalue weighted by Gasteiger charge is -2.26. The van der Waals surface area contributed by atoms with Gasteiger partial charge < -0.3 is 24.8 Å². The molecule has 0 amide bonds. The summed E-state index contributed by atoms with van der Waals surface area (Å²) in [5.41, 5.74) is 2.26. The smallest absolute Gasteiger partial charge is 0.328 e. The lowest BCUT2D eigenvalue weighted by atomic mass is 9.78. The molecule has 1 saturated heterocycles. The SMILES string of the molecule is CC(C)(c1ccc(O)cc1)c1ccc(OCC2CO2)cc1.O=C(O)/C=C/C(=O)O. The van der Waals surface area contributed by atoms with E-state index in [1.54, 1.807) is 12.1 Å². The van der Waals surface area contributed by atoms with Gasteiger partial charge in [0.2, 0.25) is 0 Å². The monoisotopic (exact) mass is 400 g/mol. The van der Waals surface area contributed by atoms with Crippen LogP contribution in [0.2, 0.25) is 0 Å². The van der Waals surface area contributed by atoms with Gasteiger partial charge in [0.25, 0.3) is 0 Å². The number of ether oxygens (including phenoxy) is 2. The first-order valence-electron chi connectivity index (χ1n) is 8.97. The summed E-state index contributed by atoms with van der Waals surface area (Å²) < 4.78 is 10.8. The maximum absolute atomic E-state index is 9.55. The van der Waals surface area contributed by atoms with Crippen LogP contribution in [0, 0.1) is 0 Å². The largest absolute Gasteiger partial charge is 0.508 e. The van der Waals surface area contributed by atoms with Crippen molar-refractivity contribution in [3.63, 3.8) is 0 Å². The summed E-state index contributed by atoms with van der Waals surface area (Å²) in [5, 5.41) is 25.0. The summed E-state index contributed by atoms with van der Waals surface area (Å²) in [6, 6.07) is 15.6. The highest BCUT2D eigenvalue weighted by molar-refractivity contribution is 5.89. The molecule has 3 N–H and O–H groups in total. The number of phenolic OH excluding ortho intramolecular Hbond substituents is 1. The van der Waals surface area contributed by atoms with Gasteiger partial charge in [-0.1, -0.05) is 38.1 Å². The second kappa shape index (κ2) is 9.75. The Hall–Kier alpha value is -3.32. The molecule has 2 aromatic rings. The second-order valence-electron chi connectivity index (χ2n) is 6.97. The van der Waals surface area contributed by atoms with Crippen LogP contribution in [0.25, 0.3) is 0 Å². The molecule has 1 atom stereocenters.